The number of carbonyl (C=O) groups is 1. The Kier molecular flexibility index (Phi) is 2.79. The van der Waals surface area contributed by atoms with Crippen LogP contribution in [0.15, 0.2) is 24.3 Å². The highest BCUT2D eigenvalue weighted by molar-refractivity contribution is 6.35. The second-order valence-corrected chi connectivity index (χ2v) is 3.86. The Labute approximate surface area is 98.0 Å². The molecule has 0 aliphatic carbocycles. The monoisotopic (exact) mass is 235 g/mol. The van der Waals surface area contributed by atoms with Crippen molar-refractivity contribution < 1.29 is 9.53 Å². The number of pyridine rings is 1. The Morgan fingerprint density at radius 2 is 2.06 bits per heavy atom. The van der Waals surface area contributed by atoms with Crippen molar-refractivity contribution >= 4 is 28.5 Å². The Hall–Kier alpha value is -1.61. The number of benzene rings is 1. The van der Waals surface area contributed by atoms with Crippen molar-refractivity contribution in [2.75, 3.05) is 7.11 Å². The van der Waals surface area contributed by atoms with E-state index in [-0.39, 0.29) is 5.69 Å². The van der Waals surface area contributed by atoms with Crippen molar-refractivity contribution in [2.45, 2.75) is 6.92 Å². The van der Waals surface area contributed by atoms with Crippen LogP contribution in [0.1, 0.15) is 16.1 Å². The normalized spacial score (nSPS) is 10.4. The van der Waals surface area contributed by atoms with Gasteiger partial charge >= 0.3 is 5.97 Å². The highest BCUT2D eigenvalue weighted by Crippen LogP contribution is 2.24. The molecule has 1 aromatic heterocycles. The number of ether oxygens (including phenoxy) is 1. The molecule has 0 saturated carbocycles. The smallest absolute Gasteiger partial charge is 0.356 e. The van der Waals surface area contributed by atoms with E-state index in [1.165, 1.54) is 7.11 Å². The standard InChI is InChI=1S/C12H10ClNO2/c1-7-3-5-9(13)11-8(7)4-6-10(14-11)12(15)16-2/h3-6H,1-2H3. The van der Waals surface area contributed by atoms with E-state index in [2.05, 4.69) is 9.72 Å². The van der Waals surface area contributed by atoms with Gasteiger partial charge in [0.05, 0.1) is 17.6 Å². The van der Waals surface area contributed by atoms with E-state index in [0.717, 1.165) is 10.9 Å². The molecule has 16 heavy (non-hydrogen) atoms. The predicted octanol–water partition coefficient (Wildman–Crippen LogP) is 2.98. The van der Waals surface area contributed by atoms with Gasteiger partial charge in [-0.15, -0.1) is 0 Å². The summed E-state index contributed by atoms with van der Waals surface area (Å²) in [5, 5.41) is 1.48. The lowest BCUT2D eigenvalue weighted by atomic mass is 10.1. The highest BCUT2D eigenvalue weighted by atomic mass is 35.5. The number of carbonyl (C=O) groups excluding carboxylic acids is 1. The predicted molar refractivity (Wildman–Crippen MR) is 62.8 cm³/mol. The number of halogens is 1. The molecular formula is C12H10ClNO2. The van der Waals surface area contributed by atoms with Crippen molar-refractivity contribution in [3.63, 3.8) is 0 Å². The summed E-state index contributed by atoms with van der Waals surface area (Å²) in [4.78, 5) is 15.5. The molecule has 0 atom stereocenters. The minimum Gasteiger partial charge on any atom is -0.464 e. The number of fused-ring (bicyclic) bond motifs is 1. The van der Waals surface area contributed by atoms with Crippen LogP contribution in [0, 0.1) is 6.92 Å². The summed E-state index contributed by atoms with van der Waals surface area (Å²) in [6.07, 6.45) is 0. The van der Waals surface area contributed by atoms with E-state index in [1.54, 1.807) is 12.1 Å². The van der Waals surface area contributed by atoms with E-state index in [9.17, 15) is 4.79 Å². The van der Waals surface area contributed by atoms with Gasteiger partial charge in [0.25, 0.3) is 0 Å². The average molecular weight is 236 g/mol. The molecule has 0 bridgehead atoms. The molecular weight excluding hydrogens is 226 g/mol. The molecule has 0 radical (unpaired) electrons. The van der Waals surface area contributed by atoms with E-state index in [0.29, 0.717) is 10.5 Å². The molecule has 1 heterocycles. The van der Waals surface area contributed by atoms with Gasteiger partial charge in [0.1, 0.15) is 5.69 Å². The van der Waals surface area contributed by atoms with Gasteiger partial charge in [-0.05, 0) is 24.6 Å². The van der Waals surface area contributed by atoms with Gasteiger partial charge < -0.3 is 4.74 Å². The molecule has 0 N–H and O–H groups in total. The number of aryl methyl sites for hydroxylation is 1. The Morgan fingerprint density at radius 3 is 2.75 bits per heavy atom. The second kappa shape index (κ2) is 4.10. The zero-order valence-electron chi connectivity index (χ0n) is 8.95. The van der Waals surface area contributed by atoms with Gasteiger partial charge in [0, 0.05) is 5.39 Å². The van der Waals surface area contributed by atoms with E-state index < -0.39 is 5.97 Å². The third kappa shape index (κ3) is 1.74. The second-order valence-electron chi connectivity index (χ2n) is 3.45. The number of esters is 1. The van der Waals surface area contributed by atoms with Crippen molar-refractivity contribution in [1.29, 1.82) is 0 Å². The molecule has 82 valence electrons. The van der Waals surface area contributed by atoms with Gasteiger partial charge in [-0.2, -0.15) is 0 Å². The van der Waals surface area contributed by atoms with Crippen LogP contribution in [-0.4, -0.2) is 18.1 Å². The molecule has 1 aromatic carbocycles. The number of methoxy groups -OCH3 is 1. The van der Waals surface area contributed by atoms with Gasteiger partial charge in [0.15, 0.2) is 0 Å². The van der Waals surface area contributed by atoms with Crippen LogP contribution in [0.5, 0.6) is 0 Å². The van der Waals surface area contributed by atoms with Crippen LogP contribution in [0.4, 0.5) is 0 Å². The molecule has 3 nitrogen and oxygen atoms in total. The van der Waals surface area contributed by atoms with Crippen molar-refractivity contribution in [3.8, 4) is 0 Å². The summed E-state index contributed by atoms with van der Waals surface area (Å²) in [6.45, 7) is 1.97. The Morgan fingerprint density at radius 1 is 1.31 bits per heavy atom. The first-order chi connectivity index (χ1) is 7.63. The third-order valence-corrected chi connectivity index (χ3v) is 2.73. The first-order valence-electron chi connectivity index (χ1n) is 4.77. The molecule has 0 spiro atoms. The lowest BCUT2D eigenvalue weighted by Gasteiger charge is -2.05. The topological polar surface area (TPSA) is 39.2 Å². The third-order valence-electron chi connectivity index (χ3n) is 2.42. The number of rotatable bonds is 1. The lowest BCUT2D eigenvalue weighted by molar-refractivity contribution is 0.0594. The summed E-state index contributed by atoms with van der Waals surface area (Å²) >= 11 is 6.03. The first-order valence-corrected chi connectivity index (χ1v) is 5.15. The van der Waals surface area contributed by atoms with Gasteiger partial charge in [-0.1, -0.05) is 23.7 Å². The molecule has 0 aliphatic heterocycles. The molecule has 0 aliphatic rings. The summed E-state index contributed by atoms with van der Waals surface area (Å²) < 4.78 is 4.61. The minimum atomic E-state index is -0.459. The number of hydrogen-bond acceptors (Lipinski definition) is 3. The minimum absolute atomic E-state index is 0.266. The van der Waals surface area contributed by atoms with Crippen molar-refractivity contribution in [2.24, 2.45) is 0 Å². The number of aromatic nitrogens is 1. The maximum atomic E-state index is 11.3. The van der Waals surface area contributed by atoms with Gasteiger partial charge in [0.2, 0.25) is 0 Å². The van der Waals surface area contributed by atoms with Crippen LogP contribution in [0.2, 0.25) is 5.02 Å². The zero-order valence-corrected chi connectivity index (χ0v) is 9.71. The number of nitrogens with zero attached hydrogens (tertiary/aromatic N) is 1. The van der Waals surface area contributed by atoms with Crippen LogP contribution in [0.25, 0.3) is 10.9 Å². The number of hydrogen-bond donors (Lipinski definition) is 0. The Bertz CT molecular complexity index is 566. The maximum Gasteiger partial charge on any atom is 0.356 e. The summed E-state index contributed by atoms with van der Waals surface area (Å²) in [7, 11) is 1.33. The summed E-state index contributed by atoms with van der Waals surface area (Å²) in [5.41, 5.74) is 1.97. The molecule has 2 rings (SSSR count). The largest absolute Gasteiger partial charge is 0.464 e. The van der Waals surface area contributed by atoms with Gasteiger partial charge in [-0.25, -0.2) is 9.78 Å². The van der Waals surface area contributed by atoms with E-state index >= 15 is 0 Å². The SMILES string of the molecule is COC(=O)c1ccc2c(C)ccc(Cl)c2n1. The molecule has 4 heteroatoms. The molecule has 0 fully saturated rings. The van der Waals surface area contributed by atoms with Crippen LogP contribution in [0.3, 0.4) is 0 Å². The van der Waals surface area contributed by atoms with Crippen LogP contribution < -0.4 is 0 Å². The van der Waals surface area contributed by atoms with Gasteiger partial charge in [-0.3, -0.25) is 0 Å². The fourth-order valence-corrected chi connectivity index (χ4v) is 1.75. The average Bonchev–Trinajstić information content (AvgIpc) is 2.32. The highest BCUT2D eigenvalue weighted by Gasteiger charge is 2.10. The lowest BCUT2D eigenvalue weighted by Crippen LogP contribution is -2.04. The molecule has 2 aromatic rings. The fraction of sp³-hybridized carbons (Fsp3) is 0.167. The quantitative estimate of drug-likeness (QED) is 0.714. The molecule has 0 unspecified atom stereocenters. The van der Waals surface area contributed by atoms with Crippen molar-refractivity contribution in [1.82, 2.24) is 4.98 Å². The zero-order chi connectivity index (χ0) is 11.7. The first kappa shape index (κ1) is 10.9. The summed E-state index contributed by atoms with van der Waals surface area (Å²) in [6, 6.07) is 7.16. The Balaban J connectivity index is 2.70. The van der Waals surface area contributed by atoms with E-state index in [1.807, 2.05) is 19.1 Å². The van der Waals surface area contributed by atoms with Crippen LogP contribution in [-0.2, 0) is 4.74 Å². The van der Waals surface area contributed by atoms with E-state index in [4.69, 9.17) is 11.6 Å². The maximum absolute atomic E-state index is 11.3. The van der Waals surface area contributed by atoms with Crippen molar-refractivity contribution in [3.05, 3.63) is 40.5 Å². The fourth-order valence-electron chi connectivity index (χ4n) is 1.54. The molecule has 0 saturated heterocycles. The summed E-state index contributed by atoms with van der Waals surface area (Å²) in [5.74, 6) is -0.459. The molecule has 0 amide bonds. The van der Waals surface area contributed by atoms with Crippen LogP contribution >= 0.6 is 11.6 Å².